The summed E-state index contributed by atoms with van der Waals surface area (Å²) in [4.78, 5) is 7.35. The summed E-state index contributed by atoms with van der Waals surface area (Å²) < 4.78 is 13.2. The fourth-order valence-electron chi connectivity index (χ4n) is 1.85. The van der Waals surface area contributed by atoms with Crippen molar-refractivity contribution in [1.82, 2.24) is 0 Å². The molecule has 1 unspecified atom stereocenters. The number of halogens is 2. The van der Waals surface area contributed by atoms with E-state index in [1.807, 2.05) is 0 Å². The van der Waals surface area contributed by atoms with E-state index in [2.05, 4.69) is 16.8 Å². The van der Waals surface area contributed by atoms with Crippen LogP contribution in [0.4, 0.5) is 10.1 Å². The van der Waals surface area contributed by atoms with Gasteiger partial charge in [0.2, 0.25) is 0 Å². The van der Waals surface area contributed by atoms with Gasteiger partial charge in [-0.05, 0) is 30.8 Å². The van der Waals surface area contributed by atoms with Crippen molar-refractivity contribution in [3.05, 3.63) is 23.0 Å². The molecule has 3 rings (SSSR count). The maximum absolute atomic E-state index is 13.2. The summed E-state index contributed by atoms with van der Waals surface area (Å²) in [5, 5.41) is 1.15. The van der Waals surface area contributed by atoms with Crippen LogP contribution in [0.5, 0.6) is 0 Å². The van der Waals surface area contributed by atoms with E-state index in [0.717, 1.165) is 22.3 Å². The van der Waals surface area contributed by atoms with Gasteiger partial charge in [0.15, 0.2) is 5.17 Å². The van der Waals surface area contributed by atoms with Crippen molar-refractivity contribution >= 4 is 34.2 Å². The molecule has 1 aromatic rings. The summed E-state index contributed by atoms with van der Waals surface area (Å²) in [5.41, 5.74) is 0.981. The van der Waals surface area contributed by atoms with Gasteiger partial charge in [0.05, 0.1) is 21.6 Å². The van der Waals surface area contributed by atoms with Crippen LogP contribution in [0, 0.1) is 5.82 Å². The van der Waals surface area contributed by atoms with E-state index in [-0.39, 0.29) is 10.8 Å². The summed E-state index contributed by atoms with van der Waals surface area (Å²) in [6.45, 7) is 2.92. The lowest BCUT2D eigenvalue weighted by atomic mass is 10.2. The zero-order valence-corrected chi connectivity index (χ0v) is 9.57. The van der Waals surface area contributed by atoms with Gasteiger partial charge in [-0.15, -0.1) is 0 Å². The van der Waals surface area contributed by atoms with Gasteiger partial charge in [-0.1, -0.05) is 11.6 Å². The number of rotatable bonds is 0. The molecule has 15 heavy (non-hydrogen) atoms. The molecule has 0 aromatic heterocycles. The molecule has 2 nitrogen and oxygen atoms in total. The SMILES string of the molecule is CC1CN2C(=N1)Sc1c2ccc(F)c1Cl. The molecule has 2 aliphatic heterocycles. The van der Waals surface area contributed by atoms with Gasteiger partial charge in [-0.2, -0.15) is 0 Å². The van der Waals surface area contributed by atoms with E-state index >= 15 is 0 Å². The highest BCUT2D eigenvalue weighted by molar-refractivity contribution is 8.15. The Labute approximate surface area is 96.1 Å². The minimum absolute atomic E-state index is 0.210. The molecule has 0 N–H and O–H groups in total. The predicted octanol–water partition coefficient (Wildman–Crippen LogP) is 3.15. The quantitative estimate of drug-likeness (QED) is 0.695. The smallest absolute Gasteiger partial charge is 0.169 e. The van der Waals surface area contributed by atoms with Crippen LogP contribution in [-0.2, 0) is 0 Å². The number of benzene rings is 1. The Morgan fingerprint density at radius 2 is 2.40 bits per heavy atom. The van der Waals surface area contributed by atoms with Crippen molar-refractivity contribution in [2.24, 2.45) is 4.99 Å². The maximum Gasteiger partial charge on any atom is 0.169 e. The zero-order chi connectivity index (χ0) is 10.6. The van der Waals surface area contributed by atoms with Gasteiger partial charge >= 0.3 is 0 Å². The second-order valence-corrected chi connectivity index (χ2v) is 5.04. The molecule has 5 heteroatoms. The topological polar surface area (TPSA) is 15.6 Å². The number of fused-ring (bicyclic) bond motifs is 3. The van der Waals surface area contributed by atoms with E-state index in [0.29, 0.717) is 6.04 Å². The van der Waals surface area contributed by atoms with Crippen LogP contribution in [0.3, 0.4) is 0 Å². The Morgan fingerprint density at radius 1 is 1.60 bits per heavy atom. The van der Waals surface area contributed by atoms with Crippen LogP contribution in [0.25, 0.3) is 0 Å². The lowest BCUT2D eigenvalue weighted by molar-refractivity contribution is 0.625. The first-order chi connectivity index (χ1) is 7.16. The van der Waals surface area contributed by atoms with Crippen molar-refractivity contribution < 1.29 is 4.39 Å². The predicted molar refractivity (Wildman–Crippen MR) is 61.5 cm³/mol. The van der Waals surface area contributed by atoms with Crippen molar-refractivity contribution in [2.75, 3.05) is 11.4 Å². The van der Waals surface area contributed by atoms with Crippen molar-refractivity contribution in [3.8, 4) is 0 Å². The van der Waals surface area contributed by atoms with Crippen molar-refractivity contribution in [1.29, 1.82) is 0 Å². The molecule has 2 heterocycles. The van der Waals surface area contributed by atoms with Gasteiger partial charge in [-0.25, -0.2) is 4.39 Å². The van der Waals surface area contributed by atoms with Crippen LogP contribution in [-0.4, -0.2) is 17.8 Å². The first-order valence-corrected chi connectivity index (χ1v) is 5.87. The van der Waals surface area contributed by atoms with Crippen molar-refractivity contribution in [3.63, 3.8) is 0 Å². The standard InChI is InChI=1S/C10H8ClFN2S/c1-5-4-14-7-3-2-6(12)8(11)9(7)15-10(14)13-5/h2-3,5H,4H2,1H3. The molecule has 2 aliphatic rings. The third-order valence-corrected chi connectivity index (χ3v) is 4.13. The fraction of sp³-hybridized carbons (Fsp3) is 0.300. The van der Waals surface area contributed by atoms with Gasteiger partial charge in [0.25, 0.3) is 0 Å². The lowest BCUT2D eigenvalue weighted by Gasteiger charge is -2.13. The van der Waals surface area contributed by atoms with E-state index in [1.54, 1.807) is 6.07 Å². The molecule has 0 radical (unpaired) electrons. The van der Waals surface area contributed by atoms with E-state index in [1.165, 1.54) is 17.8 Å². The van der Waals surface area contributed by atoms with E-state index < -0.39 is 0 Å². The molecular weight excluding hydrogens is 235 g/mol. The third kappa shape index (κ3) is 1.28. The Bertz CT molecular complexity index is 475. The largest absolute Gasteiger partial charge is 0.318 e. The Hall–Kier alpha value is -0.740. The third-order valence-electron chi connectivity index (χ3n) is 2.52. The lowest BCUT2D eigenvalue weighted by Crippen LogP contribution is -2.22. The van der Waals surface area contributed by atoms with Gasteiger partial charge in [0.1, 0.15) is 5.82 Å². The highest BCUT2D eigenvalue weighted by Crippen LogP contribution is 2.47. The molecule has 0 amide bonds. The number of amidine groups is 1. The molecule has 0 saturated carbocycles. The normalized spacial score (nSPS) is 22.7. The molecule has 1 atom stereocenters. The number of aliphatic imine (C=N–C) groups is 1. The molecule has 0 aliphatic carbocycles. The minimum atomic E-state index is -0.363. The summed E-state index contributed by atoms with van der Waals surface area (Å²) in [7, 11) is 0. The van der Waals surface area contributed by atoms with Crippen LogP contribution in [0.1, 0.15) is 6.92 Å². The monoisotopic (exact) mass is 242 g/mol. The number of hydrogen-bond acceptors (Lipinski definition) is 3. The molecule has 0 spiro atoms. The van der Waals surface area contributed by atoms with Gasteiger partial charge in [0, 0.05) is 6.54 Å². The van der Waals surface area contributed by atoms with Crippen LogP contribution in [0.15, 0.2) is 22.0 Å². The van der Waals surface area contributed by atoms with E-state index in [9.17, 15) is 4.39 Å². The summed E-state index contributed by atoms with van der Waals surface area (Å²) in [6.07, 6.45) is 0. The number of thioether (sulfide) groups is 1. The summed E-state index contributed by atoms with van der Waals surface area (Å²) >= 11 is 7.36. The highest BCUT2D eigenvalue weighted by Gasteiger charge is 2.34. The molecule has 1 aromatic carbocycles. The average Bonchev–Trinajstić information content (AvgIpc) is 2.68. The Balaban J connectivity index is 2.14. The molecule has 0 saturated heterocycles. The molecule has 78 valence electrons. The first kappa shape index (κ1) is 9.48. The van der Waals surface area contributed by atoms with Crippen LogP contribution < -0.4 is 4.90 Å². The number of hydrogen-bond donors (Lipinski definition) is 0. The summed E-state index contributed by atoms with van der Waals surface area (Å²) in [5.74, 6) is -0.363. The van der Waals surface area contributed by atoms with E-state index in [4.69, 9.17) is 11.6 Å². The second-order valence-electron chi connectivity index (χ2n) is 3.68. The van der Waals surface area contributed by atoms with Crippen molar-refractivity contribution in [2.45, 2.75) is 17.9 Å². The average molecular weight is 243 g/mol. The maximum atomic E-state index is 13.2. The Morgan fingerprint density at radius 3 is 3.20 bits per heavy atom. The summed E-state index contributed by atoms with van der Waals surface area (Å²) in [6, 6.07) is 3.49. The van der Waals surface area contributed by atoms with Gasteiger partial charge < -0.3 is 4.90 Å². The molecule has 0 bridgehead atoms. The number of nitrogens with zero attached hydrogens (tertiary/aromatic N) is 2. The van der Waals surface area contributed by atoms with Crippen LogP contribution >= 0.6 is 23.4 Å². The first-order valence-electron chi connectivity index (χ1n) is 4.68. The van der Waals surface area contributed by atoms with Gasteiger partial charge in [-0.3, -0.25) is 4.99 Å². The molecular formula is C10H8ClFN2S. The number of anilines is 1. The second kappa shape index (κ2) is 3.12. The fourth-order valence-corrected chi connectivity index (χ4v) is 3.29. The Kier molecular flexibility index (Phi) is 1.97. The minimum Gasteiger partial charge on any atom is -0.318 e. The van der Waals surface area contributed by atoms with Crippen LogP contribution in [0.2, 0.25) is 5.02 Å². The zero-order valence-electron chi connectivity index (χ0n) is 8.00. The molecule has 0 fully saturated rings. The highest BCUT2D eigenvalue weighted by atomic mass is 35.5.